The molecule has 0 bridgehead atoms. The standard InChI is InChI=1S/C13H19N3/c1-3-11-4-5-12(9-14)13(8-11)16-7-6-15-10(16)2/h6-7,11-13H,3-5,8H2,1-2H3. The second-order valence-corrected chi connectivity index (χ2v) is 4.77. The van der Waals surface area contributed by atoms with Crippen molar-refractivity contribution < 1.29 is 0 Å². The van der Waals surface area contributed by atoms with Gasteiger partial charge in [0.05, 0.1) is 18.0 Å². The zero-order chi connectivity index (χ0) is 11.5. The van der Waals surface area contributed by atoms with Gasteiger partial charge in [0.25, 0.3) is 0 Å². The van der Waals surface area contributed by atoms with Crippen molar-refractivity contribution in [3.05, 3.63) is 18.2 Å². The number of aryl methyl sites for hydroxylation is 1. The predicted molar refractivity (Wildman–Crippen MR) is 62.7 cm³/mol. The van der Waals surface area contributed by atoms with Gasteiger partial charge in [-0.1, -0.05) is 13.3 Å². The average molecular weight is 217 g/mol. The van der Waals surface area contributed by atoms with Crippen molar-refractivity contribution in [2.24, 2.45) is 11.8 Å². The number of nitriles is 1. The van der Waals surface area contributed by atoms with E-state index in [1.807, 2.05) is 19.3 Å². The summed E-state index contributed by atoms with van der Waals surface area (Å²) in [5.74, 6) is 1.97. The summed E-state index contributed by atoms with van der Waals surface area (Å²) in [7, 11) is 0. The third-order valence-electron chi connectivity index (χ3n) is 3.89. The van der Waals surface area contributed by atoms with E-state index in [4.69, 9.17) is 0 Å². The predicted octanol–water partition coefficient (Wildman–Crippen LogP) is 3.08. The second kappa shape index (κ2) is 4.69. The van der Waals surface area contributed by atoms with Crippen LogP contribution in [0.3, 0.4) is 0 Å². The van der Waals surface area contributed by atoms with Gasteiger partial charge in [-0.05, 0) is 32.1 Å². The molecule has 1 aliphatic rings. The van der Waals surface area contributed by atoms with Crippen LogP contribution in [0.1, 0.15) is 44.5 Å². The van der Waals surface area contributed by atoms with E-state index in [0.29, 0.717) is 6.04 Å². The summed E-state index contributed by atoms with van der Waals surface area (Å²) in [6, 6.07) is 2.80. The molecule has 3 atom stereocenters. The Labute approximate surface area is 97.1 Å². The Morgan fingerprint density at radius 1 is 1.56 bits per heavy atom. The minimum atomic E-state index is 0.163. The topological polar surface area (TPSA) is 41.6 Å². The highest BCUT2D eigenvalue weighted by Gasteiger charge is 2.31. The summed E-state index contributed by atoms with van der Waals surface area (Å²) < 4.78 is 2.19. The third-order valence-corrected chi connectivity index (χ3v) is 3.89. The number of hydrogen-bond acceptors (Lipinski definition) is 2. The summed E-state index contributed by atoms with van der Waals surface area (Å²) in [5, 5.41) is 9.23. The molecule has 16 heavy (non-hydrogen) atoms. The maximum Gasteiger partial charge on any atom is 0.105 e. The number of aromatic nitrogens is 2. The first-order chi connectivity index (χ1) is 7.76. The molecule has 0 spiro atoms. The molecular formula is C13H19N3. The first-order valence-corrected chi connectivity index (χ1v) is 6.15. The maximum absolute atomic E-state index is 9.23. The molecule has 3 unspecified atom stereocenters. The highest BCUT2D eigenvalue weighted by Crippen LogP contribution is 2.38. The normalized spacial score (nSPS) is 29.9. The van der Waals surface area contributed by atoms with Crippen LogP contribution in [-0.2, 0) is 0 Å². The molecular weight excluding hydrogens is 198 g/mol. The molecule has 1 saturated carbocycles. The molecule has 0 N–H and O–H groups in total. The van der Waals surface area contributed by atoms with Gasteiger partial charge in [-0.2, -0.15) is 5.26 Å². The zero-order valence-corrected chi connectivity index (χ0v) is 10.1. The van der Waals surface area contributed by atoms with Gasteiger partial charge < -0.3 is 4.57 Å². The molecule has 86 valence electrons. The summed E-state index contributed by atoms with van der Waals surface area (Å²) in [6.45, 7) is 4.26. The molecule has 1 heterocycles. The molecule has 1 aliphatic carbocycles. The van der Waals surface area contributed by atoms with Gasteiger partial charge in [0.2, 0.25) is 0 Å². The lowest BCUT2D eigenvalue weighted by molar-refractivity contribution is 0.214. The van der Waals surface area contributed by atoms with E-state index in [0.717, 1.165) is 24.6 Å². The van der Waals surface area contributed by atoms with E-state index in [-0.39, 0.29) is 5.92 Å². The smallest absolute Gasteiger partial charge is 0.105 e. The van der Waals surface area contributed by atoms with Gasteiger partial charge in [-0.3, -0.25) is 0 Å². The monoisotopic (exact) mass is 217 g/mol. The van der Waals surface area contributed by atoms with Crippen molar-refractivity contribution in [1.29, 1.82) is 5.26 Å². The van der Waals surface area contributed by atoms with Gasteiger partial charge in [0.1, 0.15) is 5.82 Å². The number of imidazole rings is 1. The molecule has 0 aliphatic heterocycles. The molecule has 3 heteroatoms. The summed E-state index contributed by atoms with van der Waals surface area (Å²) in [5.41, 5.74) is 0. The Balaban J connectivity index is 2.22. The van der Waals surface area contributed by atoms with Crippen molar-refractivity contribution in [1.82, 2.24) is 9.55 Å². The highest BCUT2D eigenvalue weighted by molar-refractivity contribution is 5.01. The van der Waals surface area contributed by atoms with E-state index < -0.39 is 0 Å². The Kier molecular flexibility index (Phi) is 3.28. The summed E-state index contributed by atoms with van der Waals surface area (Å²) in [4.78, 5) is 4.26. The van der Waals surface area contributed by atoms with Crippen molar-refractivity contribution in [2.75, 3.05) is 0 Å². The van der Waals surface area contributed by atoms with Gasteiger partial charge in [-0.25, -0.2) is 4.98 Å². The highest BCUT2D eigenvalue weighted by atomic mass is 15.1. The van der Waals surface area contributed by atoms with Crippen molar-refractivity contribution in [3.63, 3.8) is 0 Å². The largest absolute Gasteiger partial charge is 0.331 e. The van der Waals surface area contributed by atoms with Crippen LogP contribution < -0.4 is 0 Å². The average Bonchev–Trinajstić information content (AvgIpc) is 2.74. The van der Waals surface area contributed by atoms with Gasteiger partial charge in [-0.15, -0.1) is 0 Å². The van der Waals surface area contributed by atoms with Crippen LogP contribution in [0.15, 0.2) is 12.4 Å². The second-order valence-electron chi connectivity index (χ2n) is 4.77. The molecule has 0 saturated heterocycles. The number of nitrogens with zero attached hydrogens (tertiary/aromatic N) is 3. The van der Waals surface area contributed by atoms with E-state index in [9.17, 15) is 5.26 Å². The summed E-state index contributed by atoms with van der Waals surface area (Å²) >= 11 is 0. The lowest BCUT2D eigenvalue weighted by atomic mass is 9.77. The fraction of sp³-hybridized carbons (Fsp3) is 0.692. The molecule has 0 aromatic carbocycles. The molecule has 1 aromatic heterocycles. The van der Waals surface area contributed by atoms with E-state index in [1.54, 1.807) is 0 Å². The molecule has 1 fully saturated rings. The zero-order valence-electron chi connectivity index (χ0n) is 10.1. The fourth-order valence-corrected chi connectivity index (χ4v) is 2.80. The van der Waals surface area contributed by atoms with Crippen molar-refractivity contribution in [2.45, 2.75) is 45.6 Å². The van der Waals surface area contributed by atoms with Crippen LogP contribution in [0.25, 0.3) is 0 Å². The van der Waals surface area contributed by atoms with E-state index >= 15 is 0 Å². The minimum Gasteiger partial charge on any atom is -0.331 e. The Bertz CT molecular complexity index is 388. The molecule has 0 amide bonds. The minimum absolute atomic E-state index is 0.163. The van der Waals surface area contributed by atoms with Crippen LogP contribution in [-0.4, -0.2) is 9.55 Å². The van der Waals surface area contributed by atoms with Gasteiger partial charge >= 0.3 is 0 Å². The van der Waals surface area contributed by atoms with Gasteiger partial charge in [0, 0.05) is 12.4 Å². The Morgan fingerprint density at radius 2 is 2.38 bits per heavy atom. The first-order valence-electron chi connectivity index (χ1n) is 6.15. The van der Waals surface area contributed by atoms with Crippen LogP contribution in [0.5, 0.6) is 0 Å². The molecule has 0 radical (unpaired) electrons. The lowest BCUT2D eigenvalue weighted by Crippen LogP contribution is -2.27. The first kappa shape index (κ1) is 11.2. The SMILES string of the molecule is CCC1CCC(C#N)C(n2ccnc2C)C1. The van der Waals surface area contributed by atoms with E-state index in [2.05, 4.69) is 22.5 Å². The number of hydrogen-bond donors (Lipinski definition) is 0. The Morgan fingerprint density at radius 3 is 2.94 bits per heavy atom. The maximum atomic E-state index is 9.23. The molecule has 2 rings (SSSR count). The van der Waals surface area contributed by atoms with Crippen LogP contribution in [0.4, 0.5) is 0 Å². The van der Waals surface area contributed by atoms with E-state index in [1.165, 1.54) is 12.8 Å². The lowest BCUT2D eigenvalue weighted by Gasteiger charge is -2.33. The Hall–Kier alpha value is -1.30. The van der Waals surface area contributed by atoms with Crippen molar-refractivity contribution >= 4 is 0 Å². The quantitative estimate of drug-likeness (QED) is 0.764. The fourth-order valence-electron chi connectivity index (χ4n) is 2.80. The summed E-state index contributed by atoms with van der Waals surface area (Å²) in [6.07, 6.45) is 8.45. The van der Waals surface area contributed by atoms with Crippen molar-refractivity contribution in [3.8, 4) is 6.07 Å². The van der Waals surface area contributed by atoms with Crippen LogP contribution in [0, 0.1) is 30.1 Å². The third kappa shape index (κ3) is 1.97. The van der Waals surface area contributed by atoms with Crippen LogP contribution in [0.2, 0.25) is 0 Å². The van der Waals surface area contributed by atoms with Gasteiger partial charge in [0.15, 0.2) is 0 Å². The molecule has 1 aromatic rings. The van der Waals surface area contributed by atoms with Crippen LogP contribution >= 0.6 is 0 Å². The molecule has 3 nitrogen and oxygen atoms in total. The number of rotatable bonds is 2.